The maximum atomic E-state index is 6.13. The van der Waals surface area contributed by atoms with Gasteiger partial charge >= 0.3 is 0 Å². The molecule has 1 aromatic carbocycles. The summed E-state index contributed by atoms with van der Waals surface area (Å²) in [6.07, 6.45) is 5.90. The summed E-state index contributed by atoms with van der Waals surface area (Å²) in [5.41, 5.74) is 8.94. The third-order valence-electron chi connectivity index (χ3n) is 4.41. The second-order valence-corrected chi connectivity index (χ2v) is 6.73. The number of anilines is 2. The number of nitrogen functional groups attached to an aromatic ring is 1. The molecule has 1 aliphatic rings. The van der Waals surface area contributed by atoms with Gasteiger partial charge in [0.05, 0.1) is 6.54 Å². The van der Waals surface area contributed by atoms with E-state index < -0.39 is 0 Å². The third kappa shape index (κ3) is 3.60. The largest absolute Gasteiger partial charge is 0.384 e. The van der Waals surface area contributed by atoms with Crippen molar-refractivity contribution in [2.75, 3.05) is 11.1 Å². The zero-order valence-electron chi connectivity index (χ0n) is 14.2. The molecule has 6 nitrogen and oxygen atoms in total. The number of hydrogen-bond donors (Lipinski definition) is 2. The summed E-state index contributed by atoms with van der Waals surface area (Å²) in [5.74, 6) is 2.62. The van der Waals surface area contributed by atoms with E-state index in [0.717, 1.165) is 42.8 Å². The summed E-state index contributed by atoms with van der Waals surface area (Å²) in [5, 5.41) is 4.05. The second kappa shape index (κ2) is 7.25. The molecule has 0 saturated carbocycles. The first kappa shape index (κ1) is 16.7. The van der Waals surface area contributed by atoms with Crippen molar-refractivity contribution in [1.82, 2.24) is 19.9 Å². The molecule has 0 fully saturated rings. The summed E-state index contributed by atoms with van der Waals surface area (Å²) in [6.45, 7) is 0.462. The third-order valence-corrected chi connectivity index (χ3v) is 4.64. The summed E-state index contributed by atoms with van der Waals surface area (Å²) in [6, 6.07) is 9.29. The summed E-state index contributed by atoms with van der Waals surface area (Å²) < 4.78 is 0. The molecule has 3 aromatic rings. The topological polar surface area (TPSA) is 89.6 Å². The van der Waals surface area contributed by atoms with Crippen LogP contribution in [0.25, 0.3) is 11.4 Å². The predicted molar refractivity (Wildman–Crippen MR) is 103 cm³/mol. The van der Waals surface area contributed by atoms with Gasteiger partial charge in [-0.05, 0) is 43.9 Å². The predicted octanol–water partition coefficient (Wildman–Crippen LogP) is 3.66. The van der Waals surface area contributed by atoms with E-state index in [1.165, 1.54) is 5.56 Å². The lowest BCUT2D eigenvalue weighted by atomic mass is 9.96. The van der Waals surface area contributed by atoms with Crippen LogP contribution in [0.3, 0.4) is 0 Å². The monoisotopic (exact) mass is 366 g/mol. The van der Waals surface area contributed by atoms with Crippen molar-refractivity contribution in [2.45, 2.75) is 32.2 Å². The fourth-order valence-electron chi connectivity index (χ4n) is 3.16. The molecule has 0 bridgehead atoms. The zero-order chi connectivity index (χ0) is 17.9. The molecule has 0 saturated heterocycles. The zero-order valence-corrected chi connectivity index (χ0v) is 15.0. The molecule has 0 spiro atoms. The first-order chi connectivity index (χ1) is 12.7. The van der Waals surface area contributed by atoms with E-state index in [-0.39, 0.29) is 0 Å². The molecule has 132 valence electrons. The molecule has 0 atom stereocenters. The maximum absolute atomic E-state index is 6.13. The number of fused-ring (bicyclic) bond motifs is 1. The molecule has 0 unspecified atom stereocenters. The van der Waals surface area contributed by atoms with E-state index in [4.69, 9.17) is 27.3 Å². The fraction of sp³-hybridized carbons (Fsp3) is 0.263. The Labute approximate surface area is 156 Å². The minimum absolute atomic E-state index is 0.459. The van der Waals surface area contributed by atoms with Crippen molar-refractivity contribution >= 4 is 23.2 Å². The van der Waals surface area contributed by atoms with Crippen LogP contribution in [0.2, 0.25) is 5.02 Å². The van der Waals surface area contributed by atoms with Gasteiger partial charge in [-0.25, -0.2) is 19.9 Å². The first-order valence-corrected chi connectivity index (χ1v) is 9.04. The van der Waals surface area contributed by atoms with E-state index >= 15 is 0 Å². The number of aromatic nitrogens is 4. The average molecular weight is 367 g/mol. The highest BCUT2D eigenvalue weighted by molar-refractivity contribution is 6.30. The van der Waals surface area contributed by atoms with Crippen LogP contribution in [0, 0.1) is 0 Å². The number of nitrogens with two attached hydrogens (primary N) is 1. The molecule has 1 aliphatic carbocycles. The second-order valence-electron chi connectivity index (χ2n) is 6.29. The van der Waals surface area contributed by atoms with Gasteiger partial charge in [0.1, 0.15) is 17.5 Å². The van der Waals surface area contributed by atoms with E-state index in [2.05, 4.69) is 15.3 Å². The molecule has 0 radical (unpaired) electrons. The highest BCUT2D eigenvalue weighted by atomic mass is 35.5. The van der Waals surface area contributed by atoms with Gasteiger partial charge in [0, 0.05) is 28.0 Å². The molecule has 4 rings (SSSR count). The lowest BCUT2D eigenvalue weighted by Gasteiger charge is -2.20. The number of nitrogens with one attached hydrogen (secondary N) is 1. The molecule has 0 amide bonds. The quantitative estimate of drug-likeness (QED) is 0.732. The van der Waals surface area contributed by atoms with Gasteiger partial charge in [-0.3, -0.25) is 0 Å². The number of halogens is 1. The number of rotatable bonds is 4. The van der Waals surface area contributed by atoms with E-state index in [1.807, 2.05) is 24.3 Å². The number of benzene rings is 1. The minimum Gasteiger partial charge on any atom is -0.384 e. The Hall–Kier alpha value is -2.73. The average Bonchev–Trinajstić information content (AvgIpc) is 2.66. The Morgan fingerprint density at radius 3 is 2.81 bits per heavy atom. The number of aryl methyl sites for hydroxylation is 1. The van der Waals surface area contributed by atoms with E-state index in [1.54, 1.807) is 12.3 Å². The van der Waals surface area contributed by atoms with E-state index in [9.17, 15) is 0 Å². The maximum Gasteiger partial charge on any atom is 0.161 e. The summed E-state index contributed by atoms with van der Waals surface area (Å²) >= 11 is 6.13. The molecule has 26 heavy (non-hydrogen) atoms. The van der Waals surface area contributed by atoms with Gasteiger partial charge in [-0.1, -0.05) is 23.7 Å². The standard InChI is InChI=1S/C19H19ClN6/c20-13-5-3-4-12(10-13)18-24-15-7-2-1-6-14(15)19(26-18)23-11-17-22-9-8-16(21)25-17/h3-5,8-10H,1-2,6-7,11H2,(H2,21,22,25)(H,23,24,26). The number of hydrogen-bond acceptors (Lipinski definition) is 6. The molecular formula is C19H19ClN6. The molecule has 0 aliphatic heterocycles. The van der Waals surface area contributed by atoms with Crippen LogP contribution in [0.15, 0.2) is 36.5 Å². The highest BCUT2D eigenvalue weighted by Gasteiger charge is 2.18. The van der Waals surface area contributed by atoms with Gasteiger partial charge in [-0.2, -0.15) is 0 Å². The Bertz CT molecular complexity index is 943. The van der Waals surface area contributed by atoms with Gasteiger partial charge in [-0.15, -0.1) is 0 Å². The Kier molecular flexibility index (Phi) is 4.67. The Morgan fingerprint density at radius 2 is 1.96 bits per heavy atom. The summed E-state index contributed by atoms with van der Waals surface area (Å²) in [7, 11) is 0. The smallest absolute Gasteiger partial charge is 0.161 e. The van der Waals surface area contributed by atoms with Crippen LogP contribution >= 0.6 is 11.6 Å². The van der Waals surface area contributed by atoms with Crippen molar-refractivity contribution in [2.24, 2.45) is 0 Å². The van der Waals surface area contributed by atoms with Crippen LogP contribution < -0.4 is 11.1 Å². The molecule has 7 heteroatoms. The molecule has 2 heterocycles. The van der Waals surface area contributed by atoms with Gasteiger partial charge in [0.2, 0.25) is 0 Å². The molecule has 3 N–H and O–H groups in total. The van der Waals surface area contributed by atoms with Crippen molar-refractivity contribution < 1.29 is 0 Å². The van der Waals surface area contributed by atoms with Gasteiger partial charge in [0.15, 0.2) is 5.82 Å². The lowest BCUT2D eigenvalue weighted by Crippen LogP contribution is -2.14. The van der Waals surface area contributed by atoms with Crippen molar-refractivity contribution in [3.63, 3.8) is 0 Å². The van der Waals surface area contributed by atoms with Gasteiger partial charge < -0.3 is 11.1 Å². The SMILES string of the molecule is Nc1ccnc(CNc2nc(-c3cccc(Cl)c3)nc3c2CCCC3)n1. The lowest BCUT2D eigenvalue weighted by molar-refractivity contribution is 0.664. The number of nitrogens with zero attached hydrogens (tertiary/aromatic N) is 4. The fourth-order valence-corrected chi connectivity index (χ4v) is 3.35. The van der Waals surface area contributed by atoms with E-state index in [0.29, 0.717) is 29.0 Å². The molecule has 2 aromatic heterocycles. The first-order valence-electron chi connectivity index (χ1n) is 8.66. The van der Waals surface area contributed by atoms with Crippen molar-refractivity contribution in [3.8, 4) is 11.4 Å². The van der Waals surface area contributed by atoms with Gasteiger partial charge in [0.25, 0.3) is 0 Å². The van der Waals surface area contributed by atoms with Crippen molar-refractivity contribution in [3.05, 3.63) is 58.6 Å². The van der Waals surface area contributed by atoms with Crippen LogP contribution in [0.1, 0.15) is 29.9 Å². The normalized spacial score (nSPS) is 13.3. The Balaban J connectivity index is 1.69. The minimum atomic E-state index is 0.459. The van der Waals surface area contributed by atoms with Crippen LogP contribution in [0.4, 0.5) is 11.6 Å². The highest BCUT2D eigenvalue weighted by Crippen LogP contribution is 2.29. The van der Waals surface area contributed by atoms with Crippen molar-refractivity contribution in [1.29, 1.82) is 0 Å². The Morgan fingerprint density at radius 1 is 1.08 bits per heavy atom. The molecular weight excluding hydrogens is 348 g/mol. The van der Waals surface area contributed by atoms with Crippen LogP contribution in [-0.4, -0.2) is 19.9 Å². The summed E-state index contributed by atoms with van der Waals surface area (Å²) in [4.78, 5) is 18.0. The van der Waals surface area contributed by atoms with Crippen LogP contribution in [0.5, 0.6) is 0 Å². The van der Waals surface area contributed by atoms with Crippen LogP contribution in [-0.2, 0) is 19.4 Å².